The normalized spacial score (nSPS) is 10.2. The van der Waals surface area contributed by atoms with E-state index in [-0.39, 0.29) is 5.91 Å². The van der Waals surface area contributed by atoms with Gasteiger partial charge in [-0.3, -0.25) is 10.1 Å². The van der Waals surface area contributed by atoms with Gasteiger partial charge in [0, 0.05) is 10.6 Å². The van der Waals surface area contributed by atoms with Crippen molar-refractivity contribution in [3.8, 4) is 0 Å². The van der Waals surface area contributed by atoms with Gasteiger partial charge in [0.1, 0.15) is 0 Å². The maximum atomic E-state index is 11.8. The molecule has 0 aliphatic carbocycles. The second-order valence-electron chi connectivity index (χ2n) is 3.04. The topological polar surface area (TPSA) is 54.9 Å². The number of hydrogen-bond acceptors (Lipinski definition) is 5. The molecule has 1 aromatic carbocycles. The van der Waals surface area contributed by atoms with Crippen molar-refractivity contribution in [3.63, 3.8) is 0 Å². The van der Waals surface area contributed by atoms with Gasteiger partial charge >= 0.3 is 0 Å². The predicted molar refractivity (Wildman–Crippen MR) is 71.1 cm³/mol. The van der Waals surface area contributed by atoms with E-state index in [0.29, 0.717) is 15.7 Å². The van der Waals surface area contributed by atoms with Crippen molar-refractivity contribution in [3.05, 3.63) is 34.9 Å². The van der Waals surface area contributed by atoms with E-state index in [1.165, 1.54) is 23.1 Å². The minimum Gasteiger partial charge on any atom is -0.296 e. The number of rotatable bonds is 3. The van der Waals surface area contributed by atoms with Crippen LogP contribution in [0.25, 0.3) is 0 Å². The average Bonchev–Trinajstić information content (AvgIpc) is 2.77. The maximum absolute atomic E-state index is 11.8. The molecule has 17 heavy (non-hydrogen) atoms. The number of nitrogens with one attached hydrogen (secondary N) is 1. The first-order valence-electron chi connectivity index (χ1n) is 4.63. The fourth-order valence-corrected chi connectivity index (χ4v) is 2.40. The third kappa shape index (κ3) is 3.18. The summed E-state index contributed by atoms with van der Waals surface area (Å²) in [5.74, 6) is -0.217. The smallest absolute Gasteiger partial charge is 0.257 e. The minimum absolute atomic E-state index is 0.217. The number of nitrogens with zero attached hydrogens (tertiary/aromatic N) is 2. The van der Waals surface area contributed by atoms with E-state index in [2.05, 4.69) is 15.5 Å². The summed E-state index contributed by atoms with van der Waals surface area (Å²) in [5.41, 5.74) is 0.537. The van der Waals surface area contributed by atoms with E-state index in [1.54, 1.807) is 24.3 Å². The van der Waals surface area contributed by atoms with Crippen LogP contribution in [-0.4, -0.2) is 22.4 Å². The van der Waals surface area contributed by atoms with Gasteiger partial charge in [0.25, 0.3) is 5.91 Å². The van der Waals surface area contributed by atoms with Crippen molar-refractivity contribution in [1.29, 1.82) is 0 Å². The largest absolute Gasteiger partial charge is 0.296 e. The van der Waals surface area contributed by atoms with Gasteiger partial charge in [-0.1, -0.05) is 34.7 Å². The summed E-state index contributed by atoms with van der Waals surface area (Å²) in [6, 6.07) is 6.66. The molecule has 0 saturated heterocycles. The Balaban J connectivity index is 2.08. The zero-order valence-electron chi connectivity index (χ0n) is 8.81. The molecule has 0 atom stereocenters. The molecule has 1 amide bonds. The van der Waals surface area contributed by atoms with Crippen molar-refractivity contribution in [2.45, 2.75) is 4.34 Å². The van der Waals surface area contributed by atoms with Crippen LogP contribution in [0.5, 0.6) is 0 Å². The highest BCUT2D eigenvalue weighted by Crippen LogP contribution is 2.23. The average molecular weight is 286 g/mol. The fourth-order valence-electron chi connectivity index (χ4n) is 1.11. The van der Waals surface area contributed by atoms with Gasteiger partial charge in [-0.2, -0.15) is 0 Å². The van der Waals surface area contributed by atoms with Crippen molar-refractivity contribution in [2.24, 2.45) is 0 Å². The Hall–Kier alpha value is -1.11. The number of anilines is 1. The maximum Gasteiger partial charge on any atom is 0.257 e. The molecule has 0 aliphatic rings. The molecule has 0 fully saturated rings. The van der Waals surface area contributed by atoms with Crippen LogP contribution in [0.4, 0.5) is 5.13 Å². The summed E-state index contributed by atoms with van der Waals surface area (Å²) in [5, 5.41) is 11.5. The Morgan fingerprint density at radius 2 is 2.06 bits per heavy atom. The highest BCUT2D eigenvalue weighted by atomic mass is 35.5. The molecule has 0 spiro atoms. The number of amides is 1. The van der Waals surface area contributed by atoms with Crippen LogP contribution in [0.1, 0.15) is 10.4 Å². The Labute approximate surface area is 111 Å². The van der Waals surface area contributed by atoms with Gasteiger partial charge in [0.15, 0.2) is 4.34 Å². The summed E-state index contributed by atoms with van der Waals surface area (Å²) < 4.78 is 0.816. The molecular weight excluding hydrogens is 278 g/mol. The number of carbonyl (C=O) groups excluding carboxylic acids is 1. The fraction of sp³-hybridized carbons (Fsp3) is 0.100. The molecule has 88 valence electrons. The third-order valence-electron chi connectivity index (χ3n) is 1.91. The summed E-state index contributed by atoms with van der Waals surface area (Å²) in [6.07, 6.45) is 1.91. The van der Waals surface area contributed by atoms with Gasteiger partial charge in [-0.05, 0) is 30.5 Å². The first-order valence-corrected chi connectivity index (χ1v) is 7.05. The molecule has 0 bridgehead atoms. The molecule has 0 radical (unpaired) electrons. The monoisotopic (exact) mass is 285 g/mol. The van der Waals surface area contributed by atoms with Crippen LogP contribution in [-0.2, 0) is 0 Å². The van der Waals surface area contributed by atoms with Crippen molar-refractivity contribution in [2.75, 3.05) is 11.6 Å². The number of carbonyl (C=O) groups is 1. The van der Waals surface area contributed by atoms with Crippen LogP contribution in [0.15, 0.2) is 28.6 Å². The minimum atomic E-state index is -0.217. The molecule has 0 aliphatic heterocycles. The van der Waals surface area contributed by atoms with Crippen molar-refractivity contribution < 1.29 is 4.79 Å². The molecule has 2 aromatic rings. The van der Waals surface area contributed by atoms with E-state index < -0.39 is 0 Å². The van der Waals surface area contributed by atoms with Crippen LogP contribution in [0.2, 0.25) is 5.02 Å². The van der Waals surface area contributed by atoms with Crippen LogP contribution in [0.3, 0.4) is 0 Å². The first kappa shape index (κ1) is 12.3. The molecule has 1 N–H and O–H groups in total. The molecule has 0 unspecified atom stereocenters. The van der Waals surface area contributed by atoms with E-state index in [0.717, 1.165) is 4.34 Å². The summed E-state index contributed by atoms with van der Waals surface area (Å²) in [6.45, 7) is 0. The van der Waals surface area contributed by atoms with E-state index in [9.17, 15) is 4.79 Å². The molecule has 4 nitrogen and oxygen atoms in total. The van der Waals surface area contributed by atoms with Gasteiger partial charge in [-0.15, -0.1) is 10.2 Å². The lowest BCUT2D eigenvalue weighted by Crippen LogP contribution is -2.11. The highest BCUT2D eigenvalue weighted by Gasteiger charge is 2.09. The standard InChI is InChI=1S/C10H8ClN3OS2/c1-16-10-14-13-9(17-10)12-8(15)6-2-4-7(11)5-3-6/h2-5H,1H3,(H,12,13,15). The number of halogens is 1. The molecule has 0 saturated carbocycles. The van der Waals surface area contributed by atoms with Gasteiger partial charge < -0.3 is 0 Å². The van der Waals surface area contributed by atoms with Crippen molar-refractivity contribution in [1.82, 2.24) is 10.2 Å². The van der Waals surface area contributed by atoms with E-state index in [1.807, 2.05) is 6.26 Å². The first-order chi connectivity index (χ1) is 8.19. The zero-order chi connectivity index (χ0) is 12.3. The molecule has 7 heteroatoms. The molecule has 2 rings (SSSR count). The second kappa shape index (κ2) is 5.48. The Bertz CT molecular complexity index is 527. The van der Waals surface area contributed by atoms with Gasteiger partial charge in [0.05, 0.1) is 0 Å². The summed E-state index contributed by atoms with van der Waals surface area (Å²) in [7, 11) is 0. The van der Waals surface area contributed by atoms with E-state index >= 15 is 0 Å². The number of thioether (sulfide) groups is 1. The quantitative estimate of drug-likeness (QED) is 0.695. The molecule has 1 aromatic heterocycles. The molecule has 1 heterocycles. The second-order valence-corrected chi connectivity index (χ2v) is 5.51. The lowest BCUT2D eigenvalue weighted by molar-refractivity contribution is 0.102. The molecular formula is C10H8ClN3OS2. The van der Waals surface area contributed by atoms with E-state index in [4.69, 9.17) is 11.6 Å². The van der Waals surface area contributed by atoms with Crippen LogP contribution < -0.4 is 5.32 Å². The van der Waals surface area contributed by atoms with Crippen LogP contribution in [0, 0.1) is 0 Å². The highest BCUT2D eigenvalue weighted by molar-refractivity contribution is 8.00. The lowest BCUT2D eigenvalue weighted by Gasteiger charge is -2.00. The zero-order valence-corrected chi connectivity index (χ0v) is 11.2. The van der Waals surface area contributed by atoms with Gasteiger partial charge in [0.2, 0.25) is 5.13 Å². The third-order valence-corrected chi connectivity index (χ3v) is 3.97. The Morgan fingerprint density at radius 3 is 2.65 bits per heavy atom. The van der Waals surface area contributed by atoms with Crippen LogP contribution >= 0.6 is 34.7 Å². The number of aromatic nitrogens is 2. The Morgan fingerprint density at radius 1 is 1.35 bits per heavy atom. The number of benzene rings is 1. The summed E-state index contributed by atoms with van der Waals surface area (Å²) in [4.78, 5) is 11.8. The van der Waals surface area contributed by atoms with Crippen molar-refractivity contribution >= 4 is 45.7 Å². The number of hydrogen-bond donors (Lipinski definition) is 1. The van der Waals surface area contributed by atoms with Gasteiger partial charge in [-0.25, -0.2) is 0 Å². The predicted octanol–water partition coefficient (Wildman–Crippen LogP) is 3.17. The Kier molecular flexibility index (Phi) is 3.98. The summed E-state index contributed by atoms with van der Waals surface area (Å²) >= 11 is 8.58. The lowest BCUT2D eigenvalue weighted by atomic mass is 10.2. The SMILES string of the molecule is CSc1nnc(NC(=O)c2ccc(Cl)cc2)s1.